The van der Waals surface area contributed by atoms with Crippen LogP contribution in [0.3, 0.4) is 0 Å². The highest BCUT2D eigenvalue weighted by Gasteiger charge is 2.29. The quantitative estimate of drug-likeness (QED) is 0.801. The number of hydrazine groups is 1. The van der Waals surface area contributed by atoms with Crippen molar-refractivity contribution in [1.82, 2.24) is 10.9 Å². The smallest absolute Gasteiger partial charge is 0.101 e. The van der Waals surface area contributed by atoms with Crippen LogP contribution in [0, 0.1) is 17.2 Å². The Labute approximate surface area is 116 Å². The van der Waals surface area contributed by atoms with E-state index in [9.17, 15) is 0 Å². The number of hydrogen-bond donors (Lipinski definition) is 3. The average Bonchev–Trinajstić information content (AvgIpc) is 2.68. The van der Waals surface area contributed by atoms with E-state index in [1.165, 1.54) is 0 Å². The fourth-order valence-corrected chi connectivity index (χ4v) is 2.62. The Morgan fingerprint density at radius 3 is 2.61 bits per heavy atom. The van der Waals surface area contributed by atoms with Crippen molar-refractivity contribution in [2.75, 3.05) is 11.9 Å². The van der Waals surface area contributed by atoms with Gasteiger partial charge in [-0.1, -0.05) is 15.9 Å². The Hall–Kier alpha value is -1.09. The van der Waals surface area contributed by atoms with Crippen LogP contribution in [0.25, 0.3) is 0 Å². The molecule has 5 heteroatoms. The highest BCUT2D eigenvalue weighted by molar-refractivity contribution is 9.10. The fourth-order valence-electron chi connectivity index (χ4n) is 2.25. The predicted molar refractivity (Wildman–Crippen MR) is 76.0 cm³/mol. The van der Waals surface area contributed by atoms with Crippen LogP contribution in [0.5, 0.6) is 0 Å². The number of halogens is 1. The summed E-state index contributed by atoms with van der Waals surface area (Å²) in [6, 6.07) is 8.78. The van der Waals surface area contributed by atoms with E-state index in [1.54, 1.807) is 0 Å². The summed E-state index contributed by atoms with van der Waals surface area (Å²) in [5.74, 6) is 0.500. The van der Waals surface area contributed by atoms with E-state index in [1.807, 2.05) is 18.2 Å². The Morgan fingerprint density at radius 1 is 1.33 bits per heavy atom. The van der Waals surface area contributed by atoms with Gasteiger partial charge in [-0.2, -0.15) is 5.26 Å². The van der Waals surface area contributed by atoms with Crippen molar-refractivity contribution in [3.8, 4) is 6.07 Å². The van der Waals surface area contributed by atoms with E-state index in [2.05, 4.69) is 52.0 Å². The molecule has 0 radical (unpaired) electrons. The molecule has 0 saturated carbocycles. The predicted octanol–water partition coefficient (Wildman–Crippen LogP) is 2.23. The molecule has 1 aliphatic heterocycles. The Kier molecular flexibility index (Phi) is 4.23. The first-order valence-corrected chi connectivity index (χ1v) is 6.85. The van der Waals surface area contributed by atoms with E-state index >= 15 is 0 Å². The molecule has 4 nitrogen and oxygen atoms in total. The molecule has 1 aromatic rings. The number of nitrogens with zero attached hydrogens (tertiary/aromatic N) is 1. The van der Waals surface area contributed by atoms with E-state index in [0.717, 1.165) is 16.7 Å². The van der Waals surface area contributed by atoms with Gasteiger partial charge >= 0.3 is 0 Å². The van der Waals surface area contributed by atoms with Crippen molar-refractivity contribution in [2.24, 2.45) is 5.92 Å². The molecule has 0 spiro atoms. The first-order chi connectivity index (χ1) is 8.61. The van der Waals surface area contributed by atoms with E-state index in [0.29, 0.717) is 23.6 Å². The molecular weight excluding hydrogens is 292 g/mol. The second-order valence-corrected chi connectivity index (χ2v) is 5.63. The van der Waals surface area contributed by atoms with Crippen LogP contribution in [0.4, 0.5) is 5.69 Å². The molecule has 0 amide bonds. The molecule has 1 aromatic carbocycles. The summed E-state index contributed by atoms with van der Waals surface area (Å²) in [4.78, 5) is 0. The molecule has 1 saturated heterocycles. The zero-order valence-corrected chi connectivity index (χ0v) is 12.1. The maximum atomic E-state index is 9.10. The molecule has 96 valence electrons. The van der Waals surface area contributed by atoms with E-state index in [-0.39, 0.29) is 0 Å². The summed E-state index contributed by atoms with van der Waals surface area (Å²) in [6.45, 7) is 5.17. The Bertz CT molecular complexity index is 459. The third kappa shape index (κ3) is 2.83. The number of nitriles is 1. The van der Waals surface area contributed by atoms with Crippen molar-refractivity contribution in [2.45, 2.75) is 25.9 Å². The Morgan fingerprint density at radius 2 is 2.00 bits per heavy atom. The SMILES string of the molecule is CC1NNC(C)C1CNc1ccc(Br)cc1C#N. The maximum Gasteiger partial charge on any atom is 0.101 e. The molecular formula is C13H17BrN4. The maximum absolute atomic E-state index is 9.10. The average molecular weight is 309 g/mol. The van der Waals surface area contributed by atoms with Gasteiger partial charge in [0.1, 0.15) is 6.07 Å². The fraction of sp³-hybridized carbons (Fsp3) is 0.462. The highest BCUT2D eigenvalue weighted by atomic mass is 79.9. The lowest BCUT2D eigenvalue weighted by atomic mass is 9.96. The first-order valence-electron chi connectivity index (χ1n) is 6.06. The molecule has 0 aliphatic carbocycles. The van der Waals surface area contributed by atoms with Crippen LogP contribution in [0.2, 0.25) is 0 Å². The summed E-state index contributed by atoms with van der Waals surface area (Å²) in [7, 11) is 0. The topological polar surface area (TPSA) is 59.9 Å². The van der Waals surface area contributed by atoms with Crippen LogP contribution < -0.4 is 16.2 Å². The van der Waals surface area contributed by atoms with Crippen molar-refractivity contribution in [3.05, 3.63) is 28.2 Å². The number of hydrogen-bond acceptors (Lipinski definition) is 4. The van der Waals surface area contributed by atoms with Gasteiger partial charge in [0, 0.05) is 29.0 Å². The normalized spacial score (nSPS) is 26.9. The van der Waals surface area contributed by atoms with Crippen molar-refractivity contribution >= 4 is 21.6 Å². The van der Waals surface area contributed by atoms with E-state index in [4.69, 9.17) is 5.26 Å². The number of anilines is 1. The molecule has 1 fully saturated rings. The van der Waals surface area contributed by atoms with Crippen LogP contribution >= 0.6 is 15.9 Å². The van der Waals surface area contributed by atoms with Gasteiger partial charge in [0.05, 0.1) is 11.3 Å². The highest BCUT2D eigenvalue weighted by Crippen LogP contribution is 2.22. The molecule has 2 unspecified atom stereocenters. The lowest BCUT2D eigenvalue weighted by Gasteiger charge is -2.19. The molecule has 1 heterocycles. The molecule has 0 bridgehead atoms. The van der Waals surface area contributed by atoms with Crippen LogP contribution in [0.15, 0.2) is 22.7 Å². The zero-order chi connectivity index (χ0) is 13.1. The third-order valence-corrected chi connectivity index (χ3v) is 3.95. The van der Waals surface area contributed by atoms with Gasteiger partial charge in [-0.15, -0.1) is 0 Å². The van der Waals surface area contributed by atoms with Gasteiger partial charge in [0.15, 0.2) is 0 Å². The summed E-state index contributed by atoms with van der Waals surface area (Å²) in [5.41, 5.74) is 8.03. The molecule has 0 aromatic heterocycles. The van der Waals surface area contributed by atoms with Gasteiger partial charge in [-0.05, 0) is 32.0 Å². The number of nitrogens with one attached hydrogen (secondary N) is 3. The zero-order valence-electron chi connectivity index (χ0n) is 10.5. The van der Waals surface area contributed by atoms with Gasteiger partial charge in [0.25, 0.3) is 0 Å². The molecule has 18 heavy (non-hydrogen) atoms. The summed E-state index contributed by atoms with van der Waals surface area (Å²) >= 11 is 3.37. The van der Waals surface area contributed by atoms with Crippen molar-refractivity contribution in [3.63, 3.8) is 0 Å². The van der Waals surface area contributed by atoms with Gasteiger partial charge in [-0.25, -0.2) is 0 Å². The van der Waals surface area contributed by atoms with Gasteiger partial charge < -0.3 is 5.32 Å². The monoisotopic (exact) mass is 308 g/mol. The second-order valence-electron chi connectivity index (χ2n) is 4.71. The lowest BCUT2D eigenvalue weighted by molar-refractivity contribution is 0.466. The van der Waals surface area contributed by atoms with E-state index < -0.39 is 0 Å². The lowest BCUT2D eigenvalue weighted by Crippen LogP contribution is -2.30. The standard InChI is InChI=1S/C13H17BrN4/c1-8-12(9(2)18-17-8)7-16-13-4-3-11(14)5-10(13)6-15/h3-5,8-9,12,16-18H,7H2,1-2H3. The summed E-state index contributed by atoms with van der Waals surface area (Å²) < 4.78 is 0.926. The minimum Gasteiger partial charge on any atom is -0.384 e. The van der Waals surface area contributed by atoms with Gasteiger partial charge in [0.2, 0.25) is 0 Å². The largest absolute Gasteiger partial charge is 0.384 e. The Balaban J connectivity index is 2.04. The van der Waals surface area contributed by atoms with Crippen LogP contribution in [-0.2, 0) is 0 Å². The first kappa shape index (κ1) is 13.3. The second kappa shape index (κ2) is 5.70. The summed E-state index contributed by atoms with van der Waals surface area (Å²) in [5, 5.41) is 12.5. The van der Waals surface area contributed by atoms with Gasteiger partial charge in [-0.3, -0.25) is 10.9 Å². The third-order valence-electron chi connectivity index (χ3n) is 3.45. The number of benzene rings is 1. The van der Waals surface area contributed by atoms with Crippen molar-refractivity contribution in [1.29, 1.82) is 5.26 Å². The van der Waals surface area contributed by atoms with Crippen LogP contribution in [-0.4, -0.2) is 18.6 Å². The minimum absolute atomic E-state index is 0.425. The molecule has 1 aliphatic rings. The summed E-state index contributed by atoms with van der Waals surface area (Å²) in [6.07, 6.45) is 0. The minimum atomic E-state index is 0.425. The molecule has 2 atom stereocenters. The number of rotatable bonds is 3. The molecule has 3 N–H and O–H groups in total. The van der Waals surface area contributed by atoms with Crippen molar-refractivity contribution < 1.29 is 0 Å². The van der Waals surface area contributed by atoms with Crippen LogP contribution in [0.1, 0.15) is 19.4 Å². The molecule has 2 rings (SSSR count).